The molecule has 0 radical (unpaired) electrons. The highest BCUT2D eigenvalue weighted by Gasteiger charge is 2.27. The van der Waals surface area contributed by atoms with Crippen molar-refractivity contribution in [1.82, 2.24) is 5.32 Å². The second-order valence-electron chi connectivity index (χ2n) is 6.31. The van der Waals surface area contributed by atoms with Gasteiger partial charge in [0.15, 0.2) is 0 Å². The standard InChI is InChI=1S/C19H23NO4S/c1-15-7-9-19(10-8-15)25(21,22)24-14-17-11-18(12-20-17)23-13-16-5-3-2-4-6-16/h2-10,17-18,20H,11-14H2,1H3/t17-,18+/m1/s1. The van der Waals surface area contributed by atoms with Crippen molar-refractivity contribution < 1.29 is 17.3 Å². The van der Waals surface area contributed by atoms with Gasteiger partial charge in [-0.25, -0.2) is 0 Å². The zero-order chi connectivity index (χ0) is 17.7. The van der Waals surface area contributed by atoms with Crippen molar-refractivity contribution in [1.29, 1.82) is 0 Å². The summed E-state index contributed by atoms with van der Waals surface area (Å²) in [5.74, 6) is 0. The van der Waals surface area contributed by atoms with E-state index in [1.807, 2.05) is 37.3 Å². The quantitative estimate of drug-likeness (QED) is 0.768. The van der Waals surface area contributed by atoms with E-state index in [9.17, 15) is 8.42 Å². The van der Waals surface area contributed by atoms with E-state index in [2.05, 4.69) is 5.32 Å². The lowest BCUT2D eigenvalue weighted by Gasteiger charge is -2.12. The molecule has 1 fully saturated rings. The van der Waals surface area contributed by atoms with Gasteiger partial charge in [-0.3, -0.25) is 4.18 Å². The molecule has 0 bridgehead atoms. The molecule has 1 heterocycles. The van der Waals surface area contributed by atoms with Crippen molar-refractivity contribution in [3.8, 4) is 0 Å². The third kappa shape index (κ3) is 5.12. The lowest BCUT2D eigenvalue weighted by molar-refractivity contribution is 0.0515. The Morgan fingerprint density at radius 2 is 1.80 bits per heavy atom. The first-order chi connectivity index (χ1) is 12.0. The smallest absolute Gasteiger partial charge is 0.297 e. The van der Waals surface area contributed by atoms with Crippen LogP contribution in [0.1, 0.15) is 17.5 Å². The minimum absolute atomic E-state index is 0.0269. The molecule has 1 N–H and O–H groups in total. The van der Waals surface area contributed by atoms with Crippen LogP contribution in [0.25, 0.3) is 0 Å². The molecule has 1 aliphatic heterocycles. The third-order valence-electron chi connectivity index (χ3n) is 4.24. The average Bonchev–Trinajstić information content (AvgIpc) is 3.08. The topological polar surface area (TPSA) is 64.6 Å². The van der Waals surface area contributed by atoms with Gasteiger partial charge < -0.3 is 10.1 Å². The van der Waals surface area contributed by atoms with Gasteiger partial charge in [-0.15, -0.1) is 0 Å². The number of benzene rings is 2. The molecular weight excluding hydrogens is 338 g/mol. The van der Waals surface area contributed by atoms with E-state index in [0.717, 1.165) is 17.5 Å². The van der Waals surface area contributed by atoms with E-state index in [1.54, 1.807) is 24.3 Å². The van der Waals surface area contributed by atoms with Crippen molar-refractivity contribution in [2.24, 2.45) is 0 Å². The number of aryl methyl sites for hydroxylation is 1. The second-order valence-corrected chi connectivity index (χ2v) is 7.93. The van der Waals surface area contributed by atoms with Crippen molar-refractivity contribution in [2.75, 3.05) is 13.2 Å². The SMILES string of the molecule is Cc1ccc(S(=O)(=O)OC[C@H]2C[C@H](OCc3ccccc3)CN2)cc1. The van der Waals surface area contributed by atoms with Crippen LogP contribution < -0.4 is 5.32 Å². The maximum Gasteiger partial charge on any atom is 0.297 e. The molecule has 1 aliphatic rings. The monoisotopic (exact) mass is 361 g/mol. The highest BCUT2D eigenvalue weighted by atomic mass is 32.2. The number of ether oxygens (including phenoxy) is 1. The third-order valence-corrected chi connectivity index (χ3v) is 5.54. The van der Waals surface area contributed by atoms with Gasteiger partial charge in [-0.05, 0) is 31.0 Å². The Bertz CT molecular complexity index is 775. The van der Waals surface area contributed by atoms with E-state index in [-0.39, 0.29) is 23.6 Å². The summed E-state index contributed by atoms with van der Waals surface area (Å²) in [6, 6.07) is 16.6. The number of hydrogen-bond donors (Lipinski definition) is 1. The average molecular weight is 361 g/mol. The lowest BCUT2D eigenvalue weighted by atomic mass is 10.2. The van der Waals surface area contributed by atoms with E-state index in [4.69, 9.17) is 8.92 Å². The zero-order valence-corrected chi connectivity index (χ0v) is 15.0. The maximum atomic E-state index is 12.2. The van der Waals surface area contributed by atoms with Crippen molar-refractivity contribution in [3.05, 3.63) is 65.7 Å². The van der Waals surface area contributed by atoms with Crippen LogP contribution in [-0.4, -0.2) is 33.7 Å². The molecule has 1 saturated heterocycles. The van der Waals surface area contributed by atoms with Crippen LogP contribution in [0.4, 0.5) is 0 Å². The van der Waals surface area contributed by atoms with Crippen LogP contribution in [0.2, 0.25) is 0 Å². The van der Waals surface area contributed by atoms with Crippen molar-refractivity contribution in [3.63, 3.8) is 0 Å². The van der Waals surface area contributed by atoms with E-state index >= 15 is 0 Å². The van der Waals surface area contributed by atoms with Gasteiger partial charge >= 0.3 is 0 Å². The molecule has 134 valence electrons. The van der Waals surface area contributed by atoms with Crippen LogP contribution in [0.3, 0.4) is 0 Å². The Labute approximate surface area is 149 Å². The van der Waals surface area contributed by atoms with Crippen LogP contribution in [0.15, 0.2) is 59.5 Å². The minimum atomic E-state index is -3.72. The molecular formula is C19H23NO4S. The van der Waals surface area contributed by atoms with Gasteiger partial charge in [0.1, 0.15) is 0 Å². The largest absolute Gasteiger partial charge is 0.372 e. The highest BCUT2D eigenvalue weighted by Crippen LogP contribution is 2.17. The predicted octanol–water partition coefficient (Wildman–Crippen LogP) is 2.65. The molecule has 25 heavy (non-hydrogen) atoms. The van der Waals surface area contributed by atoms with Crippen LogP contribution >= 0.6 is 0 Å². The Balaban J connectivity index is 1.46. The zero-order valence-electron chi connectivity index (χ0n) is 14.2. The summed E-state index contributed by atoms with van der Waals surface area (Å²) in [6.07, 6.45) is 0.798. The molecule has 5 nitrogen and oxygen atoms in total. The van der Waals surface area contributed by atoms with Gasteiger partial charge in [-0.2, -0.15) is 8.42 Å². The molecule has 0 aliphatic carbocycles. The summed E-state index contributed by atoms with van der Waals surface area (Å²) >= 11 is 0. The summed E-state index contributed by atoms with van der Waals surface area (Å²) in [5, 5.41) is 3.26. The normalized spacial score (nSPS) is 20.7. The summed E-state index contributed by atoms with van der Waals surface area (Å²) < 4.78 is 35.5. The lowest BCUT2D eigenvalue weighted by Crippen LogP contribution is -2.28. The first-order valence-electron chi connectivity index (χ1n) is 8.38. The number of rotatable bonds is 7. The van der Waals surface area contributed by atoms with E-state index in [1.165, 1.54) is 0 Å². The van der Waals surface area contributed by atoms with E-state index in [0.29, 0.717) is 13.2 Å². The van der Waals surface area contributed by atoms with Crippen LogP contribution in [-0.2, 0) is 25.6 Å². The van der Waals surface area contributed by atoms with Gasteiger partial charge in [0.25, 0.3) is 10.1 Å². The molecule has 3 rings (SSSR count). The molecule has 0 saturated carbocycles. The van der Waals surface area contributed by atoms with Gasteiger partial charge in [-0.1, -0.05) is 48.0 Å². The molecule has 2 atom stereocenters. The van der Waals surface area contributed by atoms with E-state index < -0.39 is 10.1 Å². The molecule has 6 heteroatoms. The summed E-state index contributed by atoms with van der Waals surface area (Å²) in [4.78, 5) is 0.188. The highest BCUT2D eigenvalue weighted by molar-refractivity contribution is 7.86. The first-order valence-corrected chi connectivity index (χ1v) is 9.79. The first kappa shape index (κ1) is 18.1. The van der Waals surface area contributed by atoms with Gasteiger partial charge in [0.05, 0.1) is 24.2 Å². The number of hydrogen-bond acceptors (Lipinski definition) is 5. The summed E-state index contributed by atoms with van der Waals surface area (Å²) in [6.45, 7) is 3.28. The Hall–Kier alpha value is -1.73. The fourth-order valence-electron chi connectivity index (χ4n) is 2.77. The van der Waals surface area contributed by atoms with Gasteiger partial charge in [0.2, 0.25) is 0 Å². The van der Waals surface area contributed by atoms with Crippen LogP contribution in [0.5, 0.6) is 0 Å². The second kappa shape index (κ2) is 8.10. The summed E-state index contributed by atoms with van der Waals surface area (Å²) in [7, 11) is -3.72. The Kier molecular flexibility index (Phi) is 5.86. The Morgan fingerprint density at radius 3 is 2.52 bits per heavy atom. The Morgan fingerprint density at radius 1 is 1.08 bits per heavy atom. The minimum Gasteiger partial charge on any atom is -0.372 e. The van der Waals surface area contributed by atoms with Gasteiger partial charge in [0, 0.05) is 12.6 Å². The maximum absolute atomic E-state index is 12.2. The molecule has 0 spiro atoms. The molecule has 0 aromatic heterocycles. The molecule has 0 amide bonds. The molecule has 2 aromatic rings. The molecule has 0 unspecified atom stereocenters. The van der Waals surface area contributed by atoms with Crippen molar-refractivity contribution >= 4 is 10.1 Å². The fraction of sp³-hybridized carbons (Fsp3) is 0.368. The number of nitrogens with one attached hydrogen (secondary N) is 1. The van der Waals surface area contributed by atoms with Crippen LogP contribution in [0, 0.1) is 6.92 Å². The summed E-state index contributed by atoms with van der Waals surface area (Å²) in [5.41, 5.74) is 2.14. The predicted molar refractivity (Wildman–Crippen MR) is 95.7 cm³/mol. The van der Waals surface area contributed by atoms with Crippen molar-refractivity contribution in [2.45, 2.75) is 37.0 Å². The fourth-order valence-corrected chi connectivity index (χ4v) is 3.72. The molecule has 2 aromatic carbocycles.